The molecule has 2 aromatic heterocycles. The highest BCUT2D eigenvalue weighted by molar-refractivity contribution is 7.15. The smallest absolute Gasteiger partial charge is 0.260 e. The van der Waals surface area contributed by atoms with Crippen LogP contribution in [-0.2, 0) is 0 Å². The van der Waals surface area contributed by atoms with Crippen LogP contribution in [0.5, 0.6) is 0 Å². The van der Waals surface area contributed by atoms with E-state index in [4.69, 9.17) is 0 Å². The Kier molecular flexibility index (Phi) is 3.28. The number of rotatable bonds is 2. The van der Waals surface area contributed by atoms with Gasteiger partial charge in [0.05, 0.1) is 5.56 Å². The van der Waals surface area contributed by atoms with Crippen LogP contribution in [0, 0.1) is 24.6 Å². The normalized spacial score (nSPS) is 10.4. The van der Waals surface area contributed by atoms with Gasteiger partial charge in [0, 0.05) is 17.1 Å². The third-order valence-electron chi connectivity index (χ3n) is 1.97. The highest BCUT2D eigenvalue weighted by atomic mass is 32.1. The molecule has 0 aliphatic carbocycles. The summed E-state index contributed by atoms with van der Waals surface area (Å²) >= 11 is 1.16. The molecule has 0 saturated heterocycles. The van der Waals surface area contributed by atoms with Gasteiger partial charge in [-0.05, 0) is 6.92 Å². The standard InChI is InChI=1S/C10H6F3N3OS/c1-4-3-14-10(18-4)16-9(17)5-2-6(11)15-8(13)7(5)12/h2-3H,1H3,(H,14,16,17). The van der Waals surface area contributed by atoms with Crippen molar-refractivity contribution in [2.45, 2.75) is 6.92 Å². The fourth-order valence-electron chi connectivity index (χ4n) is 1.21. The molecule has 2 aromatic rings. The Hall–Kier alpha value is -1.96. The molecule has 0 atom stereocenters. The van der Waals surface area contributed by atoms with Crippen LogP contribution >= 0.6 is 11.3 Å². The van der Waals surface area contributed by atoms with Crippen molar-refractivity contribution in [2.75, 3.05) is 5.32 Å². The number of anilines is 1. The van der Waals surface area contributed by atoms with Gasteiger partial charge in [-0.25, -0.2) is 9.37 Å². The van der Waals surface area contributed by atoms with E-state index >= 15 is 0 Å². The maximum absolute atomic E-state index is 13.3. The van der Waals surface area contributed by atoms with Gasteiger partial charge in [0.15, 0.2) is 10.9 Å². The zero-order valence-corrected chi connectivity index (χ0v) is 9.82. The average molecular weight is 273 g/mol. The molecule has 0 aliphatic heterocycles. The number of carbonyl (C=O) groups is 1. The van der Waals surface area contributed by atoms with Crippen molar-refractivity contribution in [3.8, 4) is 0 Å². The van der Waals surface area contributed by atoms with Gasteiger partial charge in [-0.3, -0.25) is 10.1 Å². The summed E-state index contributed by atoms with van der Waals surface area (Å²) in [6, 6.07) is 0.522. The number of aryl methyl sites for hydroxylation is 1. The molecule has 4 nitrogen and oxygen atoms in total. The highest BCUT2D eigenvalue weighted by Gasteiger charge is 2.19. The average Bonchev–Trinajstić information content (AvgIpc) is 2.69. The molecule has 1 amide bonds. The van der Waals surface area contributed by atoms with Crippen molar-refractivity contribution >= 4 is 22.4 Å². The van der Waals surface area contributed by atoms with Crippen LogP contribution in [-0.4, -0.2) is 15.9 Å². The second-order valence-electron chi connectivity index (χ2n) is 3.33. The first-order valence-electron chi connectivity index (χ1n) is 4.72. The SMILES string of the molecule is Cc1cnc(NC(=O)c2cc(F)nc(F)c2F)s1. The quantitative estimate of drug-likeness (QED) is 0.855. The molecule has 0 bridgehead atoms. The van der Waals surface area contributed by atoms with Crippen molar-refractivity contribution in [3.05, 3.63) is 40.4 Å². The fraction of sp³-hybridized carbons (Fsp3) is 0.100. The Bertz CT molecular complexity index is 614. The number of pyridine rings is 1. The van der Waals surface area contributed by atoms with E-state index in [0.29, 0.717) is 6.07 Å². The summed E-state index contributed by atoms with van der Waals surface area (Å²) < 4.78 is 38.9. The molecule has 0 spiro atoms. The van der Waals surface area contributed by atoms with Gasteiger partial charge in [0.1, 0.15) is 0 Å². The second kappa shape index (κ2) is 4.73. The number of carbonyl (C=O) groups excluding carboxylic acids is 1. The summed E-state index contributed by atoms with van der Waals surface area (Å²) in [6.07, 6.45) is 1.50. The molecule has 18 heavy (non-hydrogen) atoms. The van der Waals surface area contributed by atoms with E-state index in [-0.39, 0.29) is 5.13 Å². The molecule has 2 rings (SSSR count). The lowest BCUT2D eigenvalue weighted by Crippen LogP contribution is -2.15. The van der Waals surface area contributed by atoms with E-state index in [1.807, 2.05) is 0 Å². The van der Waals surface area contributed by atoms with Crippen LogP contribution in [0.15, 0.2) is 12.3 Å². The minimum atomic E-state index is -1.66. The van der Waals surface area contributed by atoms with Gasteiger partial charge >= 0.3 is 0 Å². The van der Waals surface area contributed by atoms with Crippen LogP contribution in [0.25, 0.3) is 0 Å². The van der Waals surface area contributed by atoms with Gasteiger partial charge in [-0.15, -0.1) is 11.3 Å². The summed E-state index contributed by atoms with van der Waals surface area (Å²) in [6.45, 7) is 1.76. The van der Waals surface area contributed by atoms with Crippen molar-refractivity contribution in [2.24, 2.45) is 0 Å². The number of thiazole rings is 1. The fourth-order valence-corrected chi connectivity index (χ4v) is 1.87. The van der Waals surface area contributed by atoms with Crippen LogP contribution in [0.4, 0.5) is 18.3 Å². The Balaban J connectivity index is 2.29. The molecule has 0 radical (unpaired) electrons. The number of halogens is 3. The number of aromatic nitrogens is 2. The molecular weight excluding hydrogens is 267 g/mol. The molecule has 0 aliphatic rings. The number of nitrogens with zero attached hydrogens (tertiary/aromatic N) is 2. The summed E-state index contributed by atoms with van der Waals surface area (Å²) in [5, 5.41) is 2.46. The molecule has 0 aromatic carbocycles. The largest absolute Gasteiger partial charge is 0.298 e. The van der Waals surface area contributed by atoms with E-state index in [1.54, 1.807) is 6.92 Å². The van der Waals surface area contributed by atoms with Crippen LogP contribution in [0.3, 0.4) is 0 Å². The minimum Gasteiger partial charge on any atom is -0.298 e. The summed E-state index contributed by atoms with van der Waals surface area (Å²) in [5.41, 5.74) is -0.757. The van der Waals surface area contributed by atoms with Crippen LogP contribution in [0.2, 0.25) is 0 Å². The minimum absolute atomic E-state index is 0.217. The second-order valence-corrected chi connectivity index (χ2v) is 4.56. The third-order valence-corrected chi connectivity index (χ3v) is 2.80. The topological polar surface area (TPSA) is 54.9 Å². The number of amides is 1. The Labute approximate surface area is 104 Å². The first-order chi connectivity index (χ1) is 8.47. The zero-order valence-electron chi connectivity index (χ0n) is 9.00. The Morgan fingerprint density at radius 2 is 2.11 bits per heavy atom. The Morgan fingerprint density at radius 3 is 2.72 bits per heavy atom. The zero-order chi connectivity index (χ0) is 13.3. The third kappa shape index (κ3) is 2.48. The first-order valence-corrected chi connectivity index (χ1v) is 5.54. The molecule has 0 fully saturated rings. The summed E-state index contributed by atoms with van der Waals surface area (Å²) in [5.74, 6) is -5.41. The predicted octanol–water partition coefficient (Wildman–Crippen LogP) is 2.52. The number of hydrogen-bond donors (Lipinski definition) is 1. The van der Waals surface area contributed by atoms with Gasteiger partial charge < -0.3 is 0 Å². The van der Waals surface area contributed by atoms with Crippen molar-refractivity contribution in [1.82, 2.24) is 9.97 Å². The molecule has 8 heteroatoms. The highest BCUT2D eigenvalue weighted by Crippen LogP contribution is 2.19. The van der Waals surface area contributed by atoms with Crippen LogP contribution in [0.1, 0.15) is 15.2 Å². The Morgan fingerprint density at radius 1 is 1.39 bits per heavy atom. The van der Waals surface area contributed by atoms with Crippen molar-refractivity contribution in [3.63, 3.8) is 0 Å². The van der Waals surface area contributed by atoms with Gasteiger partial charge in [-0.1, -0.05) is 0 Å². The molecule has 2 heterocycles. The molecule has 0 unspecified atom stereocenters. The predicted molar refractivity (Wildman–Crippen MR) is 58.9 cm³/mol. The monoisotopic (exact) mass is 273 g/mol. The maximum atomic E-state index is 13.3. The van der Waals surface area contributed by atoms with Crippen molar-refractivity contribution in [1.29, 1.82) is 0 Å². The maximum Gasteiger partial charge on any atom is 0.260 e. The lowest BCUT2D eigenvalue weighted by Gasteiger charge is -2.03. The van der Waals surface area contributed by atoms with E-state index in [0.717, 1.165) is 16.2 Å². The molecule has 1 N–H and O–H groups in total. The van der Waals surface area contributed by atoms with E-state index in [9.17, 15) is 18.0 Å². The lowest BCUT2D eigenvalue weighted by atomic mass is 10.2. The number of nitrogens with one attached hydrogen (secondary N) is 1. The van der Waals surface area contributed by atoms with E-state index < -0.39 is 29.2 Å². The van der Waals surface area contributed by atoms with Gasteiger partial charge in [0.25, 0.3) is 11.9 Å². The van der Waals surface area contributed by atoms with E-state index in [2.05, 4.69) is 15.3 Å². The van der Waals surface area contributed by atoms with Crippen LogP contribution < -0.4 is 5.32 Å². The lowest BCUT2D eigenvalue weighted by molar-refractivity contribution is 0.102. The van der Waals surface area contributed by atoms with E-state index in [1.165, 1.54) is 6.20 Å². The molecule has 94 valence electrons. The summed E-state index contributed by atoms with van der Waals surface area (Å²) in [7, 11) is 0. The van der Waals surface area contributed by atoms with Gasteiger partial charge in [-0.2, -0.15) is 13.8 Å². The number of hydrogen-bond acceptors (Lipinski definition) is 4. The van der Waals surface area contributed by atoms with Crippen molar-refractivity contribution < 1.29 is 18.0 Å². The molecular formula is C10H6F3N3OS. The first kappa shape index (κ1) is 12.5. The van der Waals surface area contributed by atoms with Gasteiger partial charge in [0.2, 0.25) is 5.95 Å². The summed E-state index contributed by atoms with van der Waals surface area (Å²) in [4.78, 5) is 18.9. The molecule has 0 saturated carbocycles.